The Morgan fingerprint density at radius 3 is 2.22 bits per heavy atom. The number of anilines is 1. The molecule has 0 aliphatic rings. The summed E-state index contributed by atoms with van der Waals surface area (Å²) in [6.45, 7) is 10.2. The molecule has 0 aromatic heterocycles. The minimum absolute atomic E-state index is 0.0544. The third-order valence-corrected chi connectivity index (χ3v) is 5.79. The molecule has 2 aromatic rings. The van der Waals surface area contributed by atoms with Gasteiger partial charge in [0.1, 0.15) is 0 Å². The van der Waals surface area contributed by atoms with Crippen LogP contribution >= 0.6 is 0 Å². The molecule has 0 saturated heterocycles. The van der Waals surface area contributed by atoms with Crippen LogP contribution in [0.3, 0.4) is 0 Å². The van der Waals surface area contributed by atoms with E-state index in [0.717, 1.165) is 16.8 Å². The van der Waals surface area contributed by atoms with Gasteiger partial charge in [-0.2, -0.15) is 0 Å². The highest BCUT2D eigenvalue weighted by Crippen LogP contribution is 2.23. The lowest BCUT2D eigenvalue weighted by atomic mass is 9.87. The van der Waals surface area contributed by atoms with E-state index < -0.39 is 10.0 Å². The number of sulfonamides is 1. The lowest BCUT2D eigenvalue weighted by Gasteiger charge is -2.22. The number of aryl methyl sites for hydroxylation is 1. The monoisotopic (exact) mass is 388 g/mol. The first-order valence-corrected chi connectivity index (χ1v) is 10.5. The lowest BCUT2D eigenvalue weighted by Crippen LogP contribution is -2.40. The zero-order chi connectivity index (χ0) is 20.2. The molecular weight excluding hydrogens is 360 g/mol. The molecule has 0 saturated carbocycles. The summed E-state index contributed by atoms with van der Waals surface area (Å²) < 4.78 is 27.4. The predicted octanol–water partition coefficient (Wildman–Crippen LogP) is 3.62. The molecule has 146 valence electrons. The Kier molecular flexibility index (Phi) is 6.44. The fourth-order valence-corrected chi connectivity index (χ4v) is 3.74. The maximum atomic E-state index is 12.5. The Hall–Kier alpha value is -2.18. The van der Waals surface area contributed by atoms with Crippen molar-refractivity contribution in [1.29, 1.82) is 0 Å². The third-order valence-electron chi connectivity index (χ3n) is 4.37. The van der Waals surface area contributed by atoms with E-state index in [0.29, 0.717) is 6.54 Å². The molecule has 1 amide bonds. The first kappa shape index (κ1) is 21.1. The van der Waals surface area contributed by atoms with Gasteiger partial charge >= 0.3 is 0 Å². The number of hydrogen-bond donors (Lipinski definition) is 1. The topological polar surface area (TPSA) is 66.5 Å². The number of rotatable bonds is 6. The molecule has 27 heavy (non-hydrogen) atoms. The van der Waals surface area contributed by atoms with Crippen LogP contribution in [-0.4, -0.2) is 27.4 Å². The highest BCUT2D eigenvalue weighted by molar-refractivity contribution is 7.89. The molecule has 0 bridgehead atoms. The Bertz CT molecular complexity index is 898. The predicted molar refractivity (Wildman–Crippen MR) is 110 cm³/mol. The molecule has 2 rings (SSSR count). The minimum atomic E-state index is -3.75. The Morgan fingerprint density at radius 2 is 1.70 bits per heavy atom. The summed E-state index contributed by atoms with van der Waals surface area (Å²) in [5.41, 5.74) is 2.80. The molecular formula is C21H28N2O3S. The standard InChI is InChI=1S/C21H28N2O3S/c1-6-23(18-9-7-8-16(2)14-18)20(24)15-22-27(25,26)19-12-10-17(11-13-19)21(3,4)5/h7-14,22H,6,15H2,1-5H3. The van der Waals surface area contributed by atoms with E-state index in [1.807, 2.05) is 50.2 Å². The zero-order valence-electron chi connectivity index (χ0n) is 16.6. The maximum Gasteiger partial charge on any atom is 0.242 e. The summed E-state index contributed by atoms with van der Waals surface area (Å²) in [6.07, 6.45) is 0. The fraction of sp³-hybridized carbons (Fsp3) is 0.381. The van der Waals surface area contributed by atoms with Crippen LogP contribution in [0.5, 0.6) is 0 Å². The molecule has 0 radical (unpaired) electrons. The van der Waals surface area contributed by atoms with Crippen molar-refractivity contribution in [2.75, 3.05) is 18.0 Å². The van der Waals surface area contributed by atoms with E-state index in [2.05, 4.69) is 25.5 Å². The molecule has 0 heterocycles. The van der Waals surface area contributed by atoms with Gasteiger partial charge in [-0.3, -0.25) is 4.79 Å². The maximum absolute atomic E-state index is 12.5. The summed E-state index contributed by atoms with van der Waals surface area (Å²) in [5, 5.41) is 0. The van der Waals surface area contributed by atoms with Gasteiger partial charge in [-0.05, 0) is 54.7 Å². The van der Waals surface area contributed by atoms with Gasteiger partial charge in [0.15, 0.2) is 0 Å². The first-order chi connectivity index (χ1) is 12.5. The summed E-state index contributed by atoms with van der Waals surface area (Å²) in [5.74, 6) is -0.294. The van der Waals surface area contributed by atoms with Crippen molar-refractivity contribution in [3.05, 3.63) is 59.7 Å². The van der Waals surface area contributed by atoms with Gasteiger partial charge in [0.2, 0.25) is 15.9 Å². The second-order valence-corrected chi connectivity index (χ2v) is 9.34. The molecule has 0 aliphatic heterocycles. The number of hydrogen-bond acceptors (Lipinski definition) is 3. The average Bonchev–Trinajstić information content (AvgIpc) is 2.60. The second-order valence-electron chi connectivity index (χ2n) is 7.58. The second kappa shape index (κ2) is 8.23. The van der Waals surface area contributed by atoms with E-state index in [4.69, 9.17) is 0 Å². The van der Waals surface area contributed by atoms with E-state index in [1.165, 1.54) is 0 Å². The number of nitrogens with one attached hydrogen (secondary N) is 1. The Labute approximate surface area is 162 Å². The van der Waals surface area contributed by atoms with Crippen molar-refractivity contribution in [2.24, 2.45) is 0 Å². The van der Waals surface area contributed by atoms with Gasteiger partial charge in [0, 0.05) is 12.2 Å². The van der Waals surface area contributed by atoms with Gasteiger partial charge in [0.05, 0.1) is 11.4 Å². The number of amides is 1. The molecule has 0 unspecified atom stereocenters. The molecule has 0 fully saturated rings. The average molecular weight is 389 g/mol. The van der Waals surface area contributed by atoms with Crippen LogP contribution < -0.4 is 9.62 Å². The van der Waals surface area contributed by atoms with Crippen molar-refractivity contribution in [2.45, 2.75) is 44.9 Å². The summed E-state index contributed by atoms with van der Waals surface area (Å²) >= 11 is 0. The quantitative estimate of drug-likeness (QED) is 0.822. The number of benzene rings is 2. The Balaban J connectivity index is 2.10. The van der Waals surface area contributed by atoms with E-state index >= 15 is 0 Å². The smallest absolute Gasteiger partial charge is 0.242 e. The first-order valence-electron chi connectivity index (χ1n) is 9.02. The lowest BCUT2D eigenvalue weighted by molar-refractivity contribution is -0.117. The van der Waals surface area contributed by atoms with Crippen LogP contribution in [0.25, 0.3) is 0 Å². The SMILES string of the molecule is CCN(C(=O)CNS(=O)(=O)c1ccc(C(C)(C)C)cc1)c1cccc(C)c1. The number of nitrogens with zero attached hydrogens (tertiary/aromatic N) is 1. The van der Waals surface area contributed by atoms with Crippen molar-refractivity contribution < 1.29 is 13.2 Å². The van der Waals surface area contributed by atoms with Crippen molar-refractivity contribution in [1.82, 2.24) is 4.72 Å². The van der Waals surface area contributed by atoms with E-state index in [9.17, 15) is 13.2 Å². The molecule has 1 N–H and O–H groups in total. The van der Waals surface area contributed by atoms with E-state index in [1.54, 1.807) is 17.0 Å². The van der Waals surface area contributed by atoms with Gasteiger partial charge < -0.3 is 4.90 Å². The van der Waals surface area contributed by atoms with Crippen molar-refractivity contribution in [3.63, 3.8) is 0 Å². The highest BCUT2D eigenvalue weighted by Gasteiger charge is 2.20. The van der Waals surface area contributed by atoms with Crippen LogP contribution in [0.2, 0.25) is 0 Å². The Morgan fingerprint density at radius 1 is 1.07 bits per heavy atom. The summed E-state index contributed by atoms with van der Waals surface area (Å²) in [7, 11) is -3.75. The van der Waals surface area contributed by atoms with Crippen molar-refractivity contribution >= 4 is 21.6 Å². The van der Waals surface area contributed by atoms with Gasteiger partial charge in [-0.1, -0.05) is 45.0 Å². The van der Waals surface area contributed by atoms with Gasteiger partial charge in [0.25, 0.3) is 0 Å². The summed E-state index contributed by atoms with van der Waals surface area (Å²) in [4.78, 5) is 14.3. The summed E-state index contributed by atoms with van der Waals surface area (Å²) in [6, 6.07) is 14.3. The van der Waals surface area contributed by atoms with Gasteiger partial charge in [-0.25, -0.2) is 13.1 Å². The van der Waals surface area contributed by atoms with Crippen LogP contribution in [0.15, 0.2) is 53.4 Å². The van der Waals surface area contributed by atoms with Crippen LogP contribution in [0, 0.1) is 6.92 Å². The minimum Gasteiger partial charge on any atom is -0.312 e. The van der Waals surface area contributed by atoms with Crippen LogP contribution in [0.4, 0.5) is 5.69 Å². The fourth-order valence-electron chi connectivity index (χ4n) is 2.77. The largest absolute Gasteiger partial charge is 0.312 e. The molecule has 0 aliphatic carbocycles. The molecule has 5 nitrogen and oxygen atoms in total. The van der Waals surface area contributed by atoms with Crippen molar-refractivity contribution in [3.8, 4) is 0 Å². The highest BCUT2D eigenvalue weighted by atomic mass is 32.2. The molecule has 6 heteroatoms. The number of likely N-dealkylation sites (N-methyl/N-ethyl adjacent to an activating group) is 1. The normalized spacial score (nSPS) is 12.0. The molecule has 0 atom stereocenters. The molecule has 2 aromatic carbocycles. The third kappa shape index (κ3) is 5.40. The number of carbonyl (C=O) groups excluding carboxylic acids is 1. The zero-order valence-corrected chi connectivity index (χ0v) is 17.4. The number of carbonyl (C=O) groups is 1. The van der Waals surface area contributed by atoms with Gasteiger partial charge in [-0.15, -0.1) is 0 Å². The molecule has 0 spiro atoms. The van der Waals surface area contributed by atoms with E-state index in [-0.39, 0.29) is 22.8 Å². The van der Waals surface area contributed by atoms with Crippen LogP contribution in [0.1, 0.15) is 38.8 Å². The van der Waals surface area contributed by atoms with Crippen LogP contribution in [-0.2, 0) is 20.2 Å².